The van der Waals surface area contributed by atoms with Crippen molar-refractivity contribution >= 4 is 23.3 Å². The Kier molecular flexibility index (Phi) is 3.74. The summed E-state index contributed by atoms with van der Waals surface area (Å²) in [5, 5.41) is 0. The van der Waals surface area contributed by atoms with Gasteiger partial charge < -0.3 is 4.98 Å². The monoisotopic (exact) mass is 296 g/mol. The summed E-state index contributed by atoms with van der Waals surface area (Å²) in [5.41, 5.74) is 0.871. The molecule has 2 N–H and O–H groups in total. The molecular formula is C16H16N4O2. The van der Waals surface area contributed by atoms with E-state index >= 15 is 0 Å². The van der Waals surface area contributed by atoms with E-state index in [0.29, 0.717) is 23.5 Å². The molecule has 0 saturated heterocycles. The maximum absolute atomic E-state index is 11.9. The first-order chi connectivity index (χ1) is 10.7. The highest BCUT2D eigenvalue weighted by molar-refractivity contribution is 5.75. The minimum Gasteiger partial charge on any atom is -0.333 e. The second kappa shape index (κ2) is 5.85. The normalized spacial score (nSPS) is 11.5. The summed E-state index contributed by atoms with van der Waals surface area (Å²) < 4.78 is 1.48. The number of nitrogens with zero attached hydrogens (tertiary/aromatic N) is 2. The lowest BCUT2D eigenvalue weighted by Crippen LogP contribution is -2.30. The molecule has 0 aliphatic carbocycles. The van der Waals surface area contributed by atoms with Gasteiger partial charge in [0.2, 0.25) is 0 Å². The zero-order valence-corrected chi connectivity index (χ0v) is 12.2. The predicted octanol–water partition coefficient (Wildman–Crippen LogP) is 1.99. The quantitative estimate of drug-likeness (QED) is 0.772. The number of aromatic nitrogens is 4. The van der Waals surface area contributed by atoms with Crippen LogP contribution in [0.2, 0.25) is 0 Å². The molecule has 1 aromatic carbocycles. The molecule has 22 heavy (non-hydrogen) atoms. The van der Waals surface area contributed by atoms with Gasteiger partial charge in [-0.2, -0.15) is 0 Å². The summed E-state index contributed by atoms with van der Waals surface area (Å²) in [7, 11) is 0. The van der Waals surface area contributed by atoms with E-state index in [0.717, 1.165) is 12.0 Å². The van der Waals surface area contributed by atoms with Crippen LogP contribution in [0.3, 0.4) is 0 Å². The lowest BCUT2D eigenvalue weighted by molar-refractivity contribution is 0.652. The number of rotatable bonds is 4. The molecule has 0 amide bonds. The van der Waals surface area contributed by atoms with Gasteiger partial charge in [-0.05, 0) is 18.1 Å². The number of benzene rings is 1. The Morgan fingerprint density at radius 1 is 1.14 bits per heavy atom. The topological polar surface area (TPSA) is 83.5 Å². The van der Waals surface area contributed by atoms with E-state index in [-0.39, 0.29) is 0 Å². The first-order valence-electron chi connectivity index (χ1n) is 7.15. The number of hydrogen-bond acceptors (Lipinski definition) is 3. The molecule has 0 unspecified atom stereocenters. The molecule has 0 aliphatic rings. The van der Waals surface area contributed by atoms with Gasteiger partial charge in [0.1, 0.15) is 11.3 Å². The van der Waals surface area contributed by atoms with Crippen molar-refractivity contribution in [1.82, 2.24) is 19.5 Å². The first kappa shape index (κ1) is 14.1. The molecule has 3 rings (SSSR count). The van der Waals surface area contributed by atoms with Crippen LogP contribution in [0.1, 0.15) is 24.7 Å². The van der Waals surface area contributed by atoms with Gasteiger partial charge in [-0.3, -0.25) is 14.3 Å². The van der Waals surface area contributed by atoms with Gasteiger partial charge in [0.05, 0.1) is 0 Å². The molecule has 3 aromatic rings. The molecule has 0 fully saturated rings. The fourth-order valence-corrected chi connectivity index (χ4v) is 2.31. The van der Waals surface area contributed by atoms with Crippen LogP contribution >= 0.6 is 0 Å². The van der Waals surface area contributed by atoms with Gasteiger partial charge in [-0.15, -0.1) is 0 Å². The van der Waals surface area contributed by atoms with Crippen LogP contribution in [0.15, 0.2) is 39.9 Å². The predicted molar refractivity (Wildman–Crippen MR) is 86.6 cm³/mol. The molecular weight excluding hydrogens is 280 g/mol. The zero-order chi connectivity index (χ0) is 15.5. The number of aryl methyl sites for hydroxylation is 1. The van der Waals surface area contributed by atoms with E-state index in [1.54, 1.807) is 6.08 Å². The highest BCUT2D eigenvalue weighted by atomic mass is 16.2. The molecule has 6 heteroatoms. The van der Waals surface area contributed by atoms with Gasteiger partial charge in [-0.1, -0.05) is 43.3 Å². The van der Waals surface area contributed by atoms with Gasteiger partial charge in [0.25, 0.3) is 5.56 Å². The molecule has 0 atom stereocenters. The molecule has 112 valence electrons. The molecule has 0 bridgehead atoms. The Morgan fingerprint density at radius 2 is 1.91 bits per heavy atom. The second-order valence-corrected chi connectivity index (χ2v) is 4.98. The molecule has 0 aliphatic heterocycles. The van der Waals surface area contributed by atoms with Crippen LogP contribution in [0.25, 0.3) is 23.3 Å². The molecule has 0 saturated carbocycles. The smallest absolute Gasteiger partial charge is 0.330 e. The van der Waals surface area contributed by atoms with E-state index in [1.165, 1.54) is 4.57 Å². The standard InChI is InChI=1S/C16H16N4O2/c1-2-10-20-14-13(15(21)19-16(20)22)17-12(18-14)9-8-11-6-4-3-5-7-11/h3-9H,2,10H2,1H3,(H,17,18)(H,19,21,22). The van der Waals surface area contributed by atoms with E-state index in [4.69, 9.17) is 0 Å². The van der Waals surface area contributed by atoms with Crippen molar-refractivity contribution in [3.05, 3.63) is 62.6 Å². The maximum Gasteiger partial charge on any atom is 0.330 e. The molecule has 2 heterocycles. The van der Waals surface area contributed by atoms with E-state index in [1.807, 2.05) is 43.3 Å². The van der Waals surface area contributed by atoms with Crippen LogP contribution in [0.4, 0.5) is 0 Å². The highest BCUT2D eigenvalue weighted by Gasteiger charge is 2.11. The Labute approximate surface area is 126 Å². The second-order valence-electron chi connectivity index (χ2n) is 4.98. The Hall–Kier alpha value is -2.89. The van der Waals surface area contributed by atoms with Crippen molar-refractivity contribution in [2.45, 2.75) is 19.9 Å². The van der Waals surface area contributed by atoms with E-state index < -0.39 is 11.2 Å². The summed E-state index contributed by atoms with van der Waals surface area (Å²) in [6, 6.07) is 9.78. The van der Waals surface area contributed by atoms with Gasteiger partial charge in [-0.25, -0.2) is 9.78 Å². The summed E-state index contributed by atoms with van der Waals surface area (Å²) in [6.07, 6.45) is 4.47. The molecule has 6 nitrogen and oxygen atoms in total. The summed E-state index contributed by atoms with van der Waals surface area (Å²) in [5.74, 6) is 0.541. The van der Waals surface area contributed by atoms with Gasteiger partial charge in [0.15, 0.2) is 5.65 Å². The lowest BCUT2D eigenvalue weighted by atomic mass is 10.2. The van der Waals surface area contributed by atoms with Crippen molar-refractivity contribution < 1.29 is 0 Å². The number of hydrogen-bond donors (Lipinski definition) is 2. The maximum atomic E-state index is 11.9. The fourth-order valence-electron chi connectivity index (χ4n) is 2.31. The lowest BCUT2D eigenvalue weighted by Gasteiger charge is -2.02. The Morgan fingerprint density at radius 3 is 2.64 bits per heavy atom. The zero-order valence-electron chi connectivity index (χ0n) is 12.2. The van der Waals surface area contributed by atoms with Gasteiger partial charge in [0, 0.05) is 6.54 Å². The fraction of sp³-hybridized carbons (Fsp3) is 0.188. The van der Waals surface area contributed by atoms with Crippen LogP contribution in [-0.4, -0.2) is 19.5 Å². The minimum atomic E-state index is -0.445. The summed E-state index contributed by atoms with van der Waals surface area (Å²) in [6.45, 7) is 2.48. The Bertz CT molecular complexity index is 932. The molecule has 2 aromatic heterocycles. The van der Waals surface area contributed by atoms with Gasteiger partial charge >= 0.3 is 5.69 Å². The van der Waals surface area contributed by atoms with Crippen LogP contribution in [-0.2, 0) is 6.54 Å². The number of fused-ring (bicyclic) bond motifs is 1. The van der Waals surface area contributed by atoms with Crippen LogP contribution < -0.4 is 11.2 Å². The van der Waals surface area contributed by atoms with E-state index in [2.05, 4.69) is 15.0 Å². The summed E-state index contributed by atoms with van der Waals surface area (Å²) >= 11 is 0. The van der Waals surface area contributed by atoms with Crippen molar-refractivity contribution in [3.8, 4) is 0 Å². The SMILES string of the molecule is CCCn1c(=O)[nH]c(=O)c2[nH]c(C=Cc3ccccc3)nc21. The highest BCUT2D eigenvalue weighted by Crippen LogP contribution is 2.09. The average Bonchev–Trinajstić information content (AvgIpc) is 2.95. The Balaban J connectivity index is 2.08. The third-order valence-electron chi connectivity index (χ3n) is 3.33. The molecule has 0 radical (unpaired) electrons. The van der Waals surface area contributed by atoms with Crippen LogP contribution in [0, 0.1) is 0 Å². The molecule has 0 spiro atoms. The van der Waals surface area contributed by atoms with E-state index in [9.17, 15) is 9.59 Å². The number of aromatic amines is 2. The summed E-state index contributed by atoms with van der Waals surface area (Å²) in [4.78, 5) is 33.4. The average molecular weight is 296 g/mol. The number of imidazole rings is 1. The van der Waals surface area contributed by atoms with Crippen LogP contribution in [0.5, 0.6) is 0 Å². The first-order valence-corrected chi connectivity index (χ1v) is 7.15. The van der Waals surface area contributed by atoms with Crippen molar-refractivity contribution in [1.29, 1.82) is 0 Å². The minimum absolute atomic E-state index is 0.320. The van der Waals surface area contributed by atoms with Crippen molar-refractivity contribution in [2.24, 2.45) is 0 Å². The largest absolute Gasteiger partial charge is 0.333 e. The third-order valence-corrected chi connectivity index (χ3v) is 3.33. The van der Waals surface area contributed by atoms with Crippen molar-refractivity contribution in [3.63, 3.8) is 0 Å². The number of nitrogens with one attached hydrogen (secondary N) is 2. The number of H-pyrrole nitrogens is 2. The third kappa shape index (κ3) is 2.63. The van der Waals surface area contributed by atoms with Crippen molar-refractivity contribution in [2.75, 3.05) is 0 Å².